The van der Waals surface area contributed by atoms with E-state index in [1.54, 1.807) is 6.20 Å². The van der Waals surface area contributed by atoms with Crippen molar-refractivity contribution in [1.82, 2.24) is 15.3 Å². The number of imidazole rings is 1. The lowest BCUT2D eigenvalue weighted by molar-refractivity contribution is 0.313. The van der Waals surface area contributed by atoms with Crippen molar-refractivity contribution in [3.8, 4) is 0 Å². The minimum atomic E-state index is 0.534. The van der Waals surface area contributed by atoms with Gasteiger partial charge in [0.05, 0.1) is 6.54 Å². The van der Waals surface area contributed by atoms with Gasteiger partial charge in [0, 0.05) is 18.9 Å². The molecule has 0 amide bonds. The van der Waals surface area contributed by atoms with Crippen molar-refractivity contribution < 1.29 is 0 Å². The molecule has 0 aliphatic heterocycles. The van der Waals surface area contributed by atoms with Gasteiger partial charge in [-0.2, -0.15) is 0 Å². The fourth-order valence-corrected chi connectivity index (χ4v) is 2.28. The molecule has 1 aliphatic rings. The van der Waals surface area contributed by atoms with Crippen LogP contribution in [-0.2, 0) is 6.54 Å². The molecule has 0 radical (unpaired) electrons. The van der Waals surface area contributed by atoms with Gasteiger partial charge in [0.1, 0.15) is 5.82 Å². The van der Waals surface area contributed by atoms with Gasteiger partial charge in [-0.05, 0) is 18.3 Å². The van der Waals surface area contributed by atoms with Crippen molar-refractivity contribution in [3.05, 3.63) is 18.2 Å². The van der Waals surface area contributed by atoms with Crippen LogP contribution >= 0.6 is 0 Å². The van der Waals surface area contributed by atoms with Crippen molar-refractivity contribution in [2.24, 2.45) is 5.41 Å². The highest BCUT2D eigenvalue weighted by Crippen LogP contribution is 2.36. The molecule has 2 N–H and O–H groups in total. The molecule has 1 saturated carbocycles. The van der Waals surface area contributed by atoms with Crippen molar-refractivity contribution in [1.29, 1.82) is 0 Å². The highest BCUT2D eigenvalue weighted by Gasteiger charge is 2.27. The third kappa shape index (κ3) is 2.35. The van der Waals surface area contributed by atoms with Gasteiger partial charge in [0.15, 0.2) is 0 Å². The number of nitrogens with zero attached hydrogens (tertiary/aromatic N) is 1. The van der Waals surface area contributed by atoms with E-state index in [1.807, 2.05) is 6.20 Å². The molecule has 1 fully saturated rings. The van der Waals surface area contributed by atoms with Crippen LogP contribution in [0.3, 0.4) is 0 Å². The molecule has 0 bridgehead atoms. The molecule has 1 aromatic heterocycles. The Balaban J connectivity index is 1.72. The molecule has 78 valence electrons. The number of rotatable bonds is 4. The Kier molecular flexibility index (Phi) is 2.87. The van der Waals surface area contributed by atoms with Gasteiger partial charge < -0.3 is 10.3 Å². The van der Waals surface area contributed by atoms with E-state index in [2.05, 4.69) is 22.2 Å². The second-order valence-electron chi connectivity index (χ2n) is 4.66. The maximum atomic E-state index is 4.19. The SMILES string of the molecule is CC1(CNCc2ncc[nH]2)CCCC1. The lowest BCUT2D eigenvalue weighted by atomic mass is 9.89. The predicted octanol–water partition coefficient (Wildman–Crippen LogP) is 2.08. The van der Waals surface area contributed by atoms with E-state index >= 15 is 0 Å². The van der Waals surface area contributed by atoms with Crippen LogP contribution in [0.1, 0.15) is 38.4 Å². The highest BCUT2D eigenvalue weighted by molar-refractivity contribution is 4.88. The van der Waals surface area contributed by atoms with E-state index < -0.39 is 0 Å². The number of nitrogens with one attached hydrogen (secondary N) is 2. The number of hydrogen-bond donors (Lipinski definition) is 2. The Hall–Kier alpha value is -0.830. The van der Waals surface area contributed by atoms with Crippen LogP contribution in [0.2, 0.25) is 0 Å². The monoisotopic (exact) mass is 193 g/mol. The first-order valence-corrected chi connectivity index (χ1v) is 5.48. The molecule has 0 saturated heterocycles. The fraction of sp³-hybridized carbons (Fsp3) is 0.727. The molecule has 0 spiro atoms. The average molecular weight is 193 g/mol. The van der Waals surface area contributed by atoms with E-state index in [9.17, 15) is 0 Å². The fourth-order valence-electron chi connectivity index (χ4n) is 2.28. The van der Waals surface area contributed by atoms with Crippen LogP contribution in [0.25, 0.3) is 0 Å². The lowest BCUT2D eigenvalue weighted by Gasteiger charge is -2.23. The van der Waals surface area contributed by atoms with E-state index in [-0.39, 0.29) is 0 Å². The predicted molar refractivity (Wildman–Crippen MR) is 56.9 cm³/mol. The molecule has 0 aromatic carbocycles. The second kappa shape index (κ2) is 4.13. The number of aromatic nitrogens is 2. The van der Waals surface area contributed by atoms with Crippen LogP contribution in [-0.4, -0.2) is 16.5 Å². The van der Waals surface area contributed by atoms with Crippen LogP contribution in [0, 0.1) is 5.41 Å². The van der Waals surface area contributed by atoms with Crippen molar-refractivity contribution in [2.45, 2.75) is 39.2 Å². The minimum absolute atomic E-state index is 0.534. The summed E-state index contributed by atoms with van der Waals surface area (Å²) in [5.41, 5.74) is 0.534. The largest absolute Gasteiger partial charge is 0.348 e. The molecular weight excluding hydrogens is 174 g/mol. The van der Waals surface area contributed by atoms with Gasteiger partial charge in [0.2, 0.25) is 0 Å². The quantitative estimate of drug-likeness (QED) is 0.768. The summed E-state index contributed by atoms with van der Waals surface area (Å²) in [5.74, 6) is 1.03. The van der Waals surface area contributed by atoms with E-state index in [0.29, 0.717) is 5.41 Å². The molecule has 1 aromatic rings. The second-order valence-corrected chi connectivity index (χ2v) is 4.66. The first-order valence-electron chi connectivity index (χ1n) is 5.48. The van der Waals surface area contributed by atoms with Crippen molar-refractivity contribution in [3.63, 3.8) is 0 Å². The topological polar surface area (TPSA) is 40.7 Å². The number of hydrogen-bond acceptors (Lipinski definition) is 2. The summed E-state index contributed by atoms with van der Waals surface area (Å²) in [4.78, 5) is 7.29. The Bertz CT molecular complexity index is 260. The van der Waals surface area contributed by atoms with E-state index in [4.69, 9.17) is 0 Å². The van der Waals surface area contributed by atoms with Gasteiger partial charge in [-0.3, -0.25) is 0 Å². The molecule has 3 heteroatoms. The van der Waals surface area contributed by atoms with Gasteiger partial charge in [-0.25, -0.2) is 4.98 Å². The summed E-state index contributed by atoms with van der Waals surface area (Å²) in [6, 6.07) is 0. The van der Waals surface area contributed by atoms with E-state index in [1.165, 1.54) is 25.7 Å². The number of aromatic amines is 1. The van der Waals surface area contributed by atoms with Crippen LogP contribution in [0.4, 0.5) is 0 Å². The van der Waals surface area contributed by atoms with Gasteiger partial charge in [-0.1, -0.05) is 19.8 Å². The first kappa shape index (κ1) is 9.71. The smallest absolute Gasteiger partial charge is 0.120 e. The molecule has 14 heavy (non-hydrogen) atoms. The van der Waals surface area contributed by atoms with Gasteiger partial charge in [0.25, 0.3) is 0 Å². The Morgan fingerprint density at radius 1 is 1.50 bits per heavy atom. The summed E-state index contributed by atoms with van der Waals surface area (Å²) in [7, 11) is 0. The van der Waals surface area contributed by atoms with E-state index in [0.717, 1.165) is 18.9 Å². The lowest BCUT2D eigenvalue weighted by Crippen LogP contribution is -2.29. The highest BCUT2D eigenvalue weighted by atomic mass is 15.0. The van der Waals surface area contributed by atoms with Crippen LogP contribution in [0.15, 0.2) is 12.4 Å². The van der Waals surface area contributed by atoms with Gasteiger partial charge in [-0.15, -0.1) is 0 Å². The zero-order valence-corrected chi connectivity index (χ0v) is 8.84. The molecular formula is C11H19N3. The van der Waals surface area contributed by atoms with Crippen molar-refractivity contribution >= 4 is 0 Å². The molecule has 3 nitrogen and oxygen atoms in total. The van der Waals surface area contributed by atoms with Gasteiger partial charge >= 0.3 is 0 Å². The zero-order chi connectivity index (χ0) is 9.86. The Labute approximate surface area is 85.3 Å². The molecule has 0 unspecified atom stereocenters. The van der Waals surface area contributed by atoms with Crippen LogP contribution < -0.4 is 5.32 Å². The number of H-pyrrole nitrogens is 1. The third-order valence-corrected chi connectivity index (χ3v) is 3.21. The van der Waals surface area contributed by atoms with Crippen molar-refractivity contribution in [2.75, 3.05) is 6.54 Å². The molecule has 1 heterocycles. The summed E-state index contributed by atoms with van der Waals surface area (Å²) in [6.45, 7) is 4.37. The maximum absolute atomic E-state index is 4.19. The first-order chi connectivity index (χ1) is 6.79. The Morgan fingerprint density at radius 3 is 2.93 bits per heavy atom. The summed E-state index contributed by atoms with van der Waals surface area (Å²) >= 11 is 0. The van der Waals surface area contributed by atoms with Crippen LogP contribution in [0.5, 0.6) is 0 Å². The average Bonchev–Trinajstić information content (AvgIpc) is 2.77. The Morgan fingerprint density at radius 2 is 2.29 bits per heavy atom. The standard InChI is InChI=1S/C11H19N3/c1-11(4-2-3-5-11)9-12-8-10-13-6-7-14-10/h6-7,12H,2-5,8-9H2,1H3,(H,13,14). The molecule has 2 rings (SSSR count). The third-order valence-electron chi connectivity index (χ3n) is 3.21. The molecule has 1 aliphatic carbocycles. The molecule has 0 atom stereocenters. The maximum Gasteiger partial charge on any atom is 0.120 e. The summed E-state index contributed by atoms with van der Waals surface area (Å²) in [6.07, 6.45) is 9.22. The summed E-state index contributed by atoms with van der Waals surface area (Å²) < 4.78 is 0. The minimum Gasteiger partial charge on any atom is -0.348 e. The normalized spacial score (nSPS) is 20.1. The zero-order valence-electron chi connectivity index (χ0n) is 8.84. The summed E-state index contributed by atoms with van der Waals surface area (Å²) in [5, 5.41) is 3.48.